The fourth-order valence-corrected chi connectivity index (χ4v) is 14.3. The molecule has 0 unspecified atom stereocenters. The van der Waals surface area contributed by atoms with E-state index in [0.29, 0.717) is 139 Å². The Hall–Kier alpha value is -12.0. The quantitative estimate of drug-likeness (QED) is 0.0741. The first-order chi connectivity index (χ1) is 57.8. The van der Waals surface area contributed by atoms with Crippen molar-refractivity contribution >= 4 is 17.9 Å². The van der Waals surface area contributed by atoms with Gasteiger partial charge >= 0.3 is 12.3 Å². The van der Waals surface area contributed by atoms with Crippen molar-refractivity contribution in [1.29, 1.82) is 0 Å². The predicted molar refractivity (Wildman–Crippen MR) is 447 cm³/mol. The summed E-state index contributed by atoms with van der Waals surface area (Å²) in [5.74, 6) is 7.72. The van der Waals surface area contributed by atoms with Crippen molar-refractivity contribution in [3.05, 3.63) is 185 Å². The van der Waals surface area contributed by atoms with Gasteiger partial charge in [0.25, 0.3) is 35.4 Å². The minimum absolute atomic E-state index is 0.0489. The number of carbonyl (C=O) groups excluding carboxylic acids is 3. The van der Waals surface area contributed by atoms with Crippen molar-refractivity contribution in [1.82, 2.24) is 70.4 Å². The van der Waals surface area contributed by atoms with E-state index in [2.05, 4.69) is 69.8 Å². The third-order valence-corrected chi connectivity index (χ3v) is 20.8. The topological polar surface area (TPSA) is 290 Å². The summed E-state index contributed by atoms with van der Waals surface area (Å²) >= 11 is 0. The van der Waals surface area contributed by atoms with Gasteiger partial charge in [0.05, 0.1) is 39.1 Å². The highest BCUT2D eigenvalue weighted by molar-refractivity contribution is 5.96. The van der Waals surface area contributed by atoms with Gasteiger partial charge in [0, 0.05) is 109 Å². The van der Waals surface area contributed by atoms with Crippen molar-refractivity contribution in [2.75, 3.05) is 126 Å². The van der Waals surface area contributed by atoms with Crippen molar-refractivity contribution in [3.8, 4) is 108 Å². The van der Waals surface area contributed by atoms with E-state index in [-0.39, 0.29) is 40.8 Å². The molecule has 634 valence electrons. The number of halogens is 3. The summed E-state index contributed by atoms with van der Waals surface area (Å²) in [6.07, 6.45) is -0.834. The molecule has 0 atom stereocenters. The van der Waals surface area contributed by atoms with Gasteiger partial charge < -0.3 is 76.3 Å². The van der Waals surface area contributed by atoms with Crippen LogP contribution in [-0.2, 0) is 10.9 Å². The molecule has 0 aliphatic carbocycles. The van der Waals surface area contributed by atoms with E-state index in [9.17, 15) is 27.6 Å². The zero-order valence-corrected chi connectivity index (χ0v) is 70.3. The monoisotopic (exact) mass is 1650 g/mol. The highest BCUT2D eigenvalue weighted by Gasteiger charge is 2.36. The van der Waals surface area contributed by atoms with Gasteiger partial charge in [-0.25, -0.2) is 4.79 Å². The van der Waals surface area contributed by atoms with Crippen LogP contribution in [-0.4, -0.2) is 215 Å². The van der Waals surface area contributed by atoms with Gasteiger partial charge in [-0.2, -0.15) is 33.1 Å². The molecule has 4 fully saturated rings. The number of alkyl halides is 3. The molecule has 4 aromatic heterocycles. The summed E-state index contributed by atoms with van der Waals surface area (Å²) in [7, 11) is 5.79. The molecule has 4 aliphatic heterocycles. The van der Waals surface area contributed by atoms with E-state index in [4.69, 9.17) is 46.5 Å². The Kier molecular flexibility index (Phi) is 29.2. The number of methoxy groups -OCH3 is 1. The number of nitrogens with one attached hydrogen (secondary N) is 1. The summed E-state index contributed by atoms with van der Waals surface area (Å²) in [6, 6.07) is 40.7. The van der Waals surface area contributed by atoms with Crippen molar-refractivity contribution < 1.29 is 74.1 Å². The van der Waals surface area contributed by atoms with Gasteiger partial charge in [-0.1, -0.05) is 75.2 Å². The minimum Gasteiger partial charge on any atom is -0.494 e. The molecule has 0 saturated carbocycles. The normalized spacial score (nSPS) is 15.0. The molecule has 7 aromatic carbocycles. The van der Waals surface area contributed by atoms with Crippen LogP contribution >= 0.6 is 0 Å². The van der Waals surface area contributed by atoms with Crippen molar-refractivity contribution in [3.63, 3.8) is 0 Å². The van der Waals surface area contributed by atoms with Gasteiger partial charge in [-0.3, -0.25) is 9.59 Å². The number of piperazine rings is 2. The molecular weight excluding hydrogens is 1540 g/mol. The lowest BCUT2D eigenvalue weighted by Crippen LogP contribution is -2.51. The number of likely N-dealkylation sites (tertiary alicyclic amines) is 2. The predicted octanol–water partition coefficient (Wildman–Crippen LogP) is 16.9. The van der Waals surface area contributed by atoms with Crippen LogP contribution in [0.25, 0.3) is 79.7 Å². The molecule has 8 heterocycles. The minimum atomic E-state index is -4.49. The third kappa shape index (κ3) is 22.3. The molecule has 0 bridgehead atoms. The lowest BCUT2D eigenvalue weighted by Gasteiger charge is -2.35. The molecule has 1 N–H and O–H groups in total. The first-order valence-corrected chi connectivity index (χ1v) is 40.7. The number of piperidine rings is 2. The SMILES string of the molecule is CCOc1cc(-c2nc(C3CCN(C)CC3)no2)ccc1C.CCOc1ccc(-c2nc(-c3ccc(C(=O)N4CCN(C(=O)OC(C)(C)C)CC4)cc3C)no2)cc1OC.CCOc1ccc(-c2nc(-c3ccc(C(=O)N4CCNCC4)cc3C)no2)cc1OCC.CN1CCC(c2noc(-c3ccc(-c4ccccc4)c(C(F)(F)F)c3)n2)CC1. The van der Waals surface area contributed by atoms with Gasteiger partial charge in [-0.15, -0.1) is 0 Å². The summed E-state index contributed by atoms with van der Waals surface area (Å²) in [6.45, 7) is 30.3. The number of ether oxygens (including phenoxy) is 6. The zero-order chi connectivity index (χ0) is 85.2. The maximum atomic E-state index is 13.7. The zero-order valence-electron chi connectivity index (χ0n) is 70.3. The molecule has 4 saturated heterocycles. The van der Waals surface area contributed by atoms with Crippen LogP contribution in [0, 0.1) is 20.8 Å². The maximum Gasteiger partial charge on any atom is 0.417 e. The number of nitrogens with zero attached hydrogens (tertiary/aromatic N) is 13. The second-order valence-electron chi connectivity index (χ2n) is 30.6. The number of benzene rings is 7. The number of rotatable bonds is 20. The van der Waals surface area contributed by atoms with Crippen LogP contribution in [0.3, 0.4) is 0 Å². The summed E-state index contributed by atoms with van der Waals surface area (Å²) in [5.41, 5.74) is 7.74. The van der Waals surface area contributed by atoms with Crippen LogP contribution in [0.1, 0.15) is 141 Å². The molecule has 0 radical (unpaired) electrons. The smallest absolute Gasteiger partial charge is 0.417 e. The number of aromatic nitrogens is 8. The number of amides is 3. The number of carbonyl (C=O) groups is 3. The van der Waals surface area contributed by atoms with E-state index in [0.717, 1.165) is 135 Å². The van der Waals surface area contributed by atoms with Gasteiger partial charge in [0.1, 0.15) is 11.4 Å². The highest BCUT2D eigenvalue weighted by Crippen LogP contribution is 2.42. The van der Waals surface area contributed by atoms with Crippen LogP contribution in [0.4, 0.5) is 18.0 Å². The first-order valence-electron chi connectivity index (χ1n) is 40.7. The van der Waals surface area contributed by atoms with E-state index in [1.807, 2.05) is 147 Å². The third-order valence-electron chi connectivity index (χ3n) is 20.8. The standard InChI is InChI=1S/C28H34N4O6.C24H28N4O4.C21H20F3N3O.C17H23N3O2/c1-7-36-22-11-9-19(17-23(22)35-6)25-29-24(30-38-25)21-10-8-20(16-18(21)2)26(33)31-12-14-32(15-13-31)27(34)37-28(3,4)5;1-4-30-20-9-7-17(15-21(20)31-5-2)23-26-22(27-32-23)19-8-6-18(14-16(19)3)24(29)28-12-10-25-11-13-28;1-27-11-9-15(10-12-27)19-25-20(28-26-19)16-7-8-17(14-5-3-2-4-6-14)18(13-16)21(22,23)24;1-4-21-15-11-14(6-5-12(15)2)17-18-16(19-22-17)13-7-9-20(3)10-8-13/h8-11,16-17H,7,12-15H2,1-6H3;6-9,14-15,25H,4-5,10-13H2,1-3H3;2-8,13,15H,9-12H2,1H3;5-6,11,13H,4,7-10H2,1-3H3. The van der Waals surface area contributed by atoms with Gasteiger partial charge in [-0.05, 0) is 248 Å². The molecule has 4 aliphatic rings. The molecule has 15 rings (SSSR count). The van der Waals surface area contributed by atoms with E-state index in [1.165, 1.54) is 6.07 Å². The molecular formula is C90H105F3N14O13. The Balaban J connectivity index is 0.000000149. The number of hydrogen-bond donors (Lipinski definition) is 1. The summed E-state index contributed by atoms with van der Waals surface area (Å²) in [5, 5.41) is 19.8. The average Bonchev–Trinajstić information content (AvgIpc) is 1.53. The molecule has 27 nitrogen and oxygen atoms in total. The van der Waals surface area contributed by atoms with Crippen molar-refractivity contribution in [2.45, 2.75) is 119 Å². The van der Waals surface area contributed by atoms with Crippen LogP contribution < -0.4 is 29.0 Å². The van der Waals surface area contributed by atoms with E-state index in [1.54, 1.807) is 71.5 Å². The second kappa shape index (κ2) is 40.2. The van der Waals surface area contributed by atoms with Crippen LogP contribution in [0.2, 0.25) is 0 Å². The summed E-state index contributed by atoms with van der Waals surface area (Å²) < 4.78 is 96.3. The Morgan fingerprint density at radius 2 is 0.842 bits per heavy atom. The Morgan fingerprint density at radius 1 is 0.433 bits per heavy atom. The molecule has 120 heavy (non-hydrogen) atoms. The molecule has 11 aromatic rings. The Bertz CT molecular complexity index is 5250. The second-order valence-corrected chi connectivity index (χ2v) is 30.6. The molecule has 0 spiro atoms. The number of aryl methyl sites for hydroxylation is 3. The lowest BCUT2D eigenvalue weighted by molar-refractivity contribution is -0.137. The number of hydrogen-bond acceptors (Lipinski definition) is 24. The Morgan fingerprint density at radius 3 is 1.32 bits per heavy atom. The Labute approximate surface area is 696 Å². The van der Waals surface area contributed by atoms with E-state index < -0.39 is 17.3 Å². The summed E-state index contributed by atoms with van der Waals surface area (Å²) in [4.78, 5) is 66.2. The van der Waals surface area contributed by atoms with E-state index >= 15 is 0 Å². The largest absolute Gasteiger partial charge is 0.494 e. The van der Waals surface area contributed by atoms with Crippen LogP contribution in [0.15, 0.2) is 158 Å². The fourth-order valence-electron chi connectivity index (χ4n) is 14.3. The first kappa shape index (κ1) is 87.3. The van der Waals surface area contributed by atoms with Gasteiger partial charge in [0.2, 0.25) is 11.6 Å². The maximum absolute atomic E-state index is 13.7. The van der Waals surface area contributed by atoms with Gasteiger partial charge in [0.15, 0.2) is 34.6 Å². The lowest BCUT2D eigenvalue weighted by atomic mass is 9.96. The average molecular weight is 1650 g/mol. The highest BCUT2D eigenvalue weighted by atomic mass is 19.4. The van der Waals surface area contributed by atoms with Crippen molar-refractivity contribution in [2.24, 2.45) is 0 Å². The van der Waals surface area contributed by atoms with Crippen LogP contribution in [0.5, 0.6) is 28.7 Å². The molecule has 3 amide bonds. The molecule has 30 heteroatoms. The fraction of sp³-hybridized carbons (Fsp3) is 0.411.